The first-order valence-electron chi connectivity index (χ1n) is 5.07. The van der Waals surface area contributed by atoms with E-state index in [0.29, 0.717) is 11.2 Å². The van der Waals surface area contributed by atoms with Crippen molar-refractivity contribution in [3.05, 3.63) is 65.1 Å². The molecule has 2 heterocycles. The Kier molecular flexibility index (Phi) is 2.04. The zero-order valence-electron chi connectivity index (χ0n) is 8.75. The number of aromatic nitrogens is 3. The Morgan fingerprint density at radius 2 is 1.88 bits per heavy atom. The van der Waals surface area contributed by atoms with E-state index in [-0.39, 0.29) is 11.4 Å². The van der Waals surface area contributed by atoms with Crippen LogP contribution in [-0.2, 0) is 0 Å². The first-order valence-corrected chi connectivity index (χ1v) is 5.07. The largest absolute Gasteiger partial charge is 0.282 e. The van der Waals surface area contributed by atoms with Crippen molar-refractivity contribution in [2.45, 2.75) is 0 Å². The van der Waals surface area contributed by atoms with Gasteiger partial charge in [-0.3, -0.25) is 9.36 Å². The molecule has 0 radical (unpaired) electrons. The van der Waals surface area contributed by atoms with E-state index >= 15 is 0 Å². The molecule has 4 nitrogen and oxygen atoms in total. The summed E-state index contributed by atoms with van der Waals surface area (Å²) in [5, 5.41) is 4.09. The van der Waals surface area contributed by atoms with Gasteiger partial charge in [0, 0.05) is 6.20 Å². The summed E-state index contributed by atoms with van der Waals surface area (Å²) in [5.74, 6) is -0.335. The van der Waals surface area contributed by atoms with Gasteiger partial charge in [-0.05, 0) is 36.4 Å². The molecule has 17 heavy (non-hydrogen) atoms. The molecule has 0 N–H and O–H groups in total. The highest BCUT2D eigenvalue weighted by Gasteiger charge is 2.04. The summed E-state index contributed by atoms with van der Waals surface area (Å²) in [6, 6.07) is 9.14. The van der Waals surface area contributed by atoms with Gasteiger partial charge in [-0.25, -0.2) is 8.91 Å². The highest BCUT2D eigenvalue weighted by atomic mass is 19.1. The lowest BCUT2D eigenvalue weighted by molar-refractivity contribution is 0.627. The minimum absolute atomic E-state index is 0.184. The Labute approximate surface area is 95.6 Å². The van der Waals surface area contributed by atoms with Gasteiger partial charge < -0.3 is 0 Å². The summed E-state index contributed by atoms with van der Waals surface area (Å²) in [5.41, 5.74) is 0.890. The Bertz CT molecular complexity index is 727. The number of hydrogen-bond acceptors (Lipinski definition) is 2. The molecule has 0 aliphatic carbocycles. The maximum absolute atomic E-state index is 12.8. The van der Waals surface area contributed by atoms with Gasteiger partial charge in [0.15, 0.2) is 0 Å². The molecule has 0 fully saturated rings. The Morgan fingerprint density at radius 3 is 2.65 bits per heavy atom. The minimum atomic E-state index is -0.335. The van der Waals surface area contributed by atoms with Gasteiger partial charge in [0.2, 0.25) is 0 Å². The van der Waals surface area contributed by atoms with Crippen molar-refractivity contribution in [1.29, 1.82) is 0 Å². The SMILES string of the molecule is O=c1c2cccn2ncn1-c1ccc(F)cc1. The molecule has 0 aliphatic rings. The van der Waals surface area contributed by atoms with Gasteiger partial charge in [-0.2, -0.15) is 5.10 Å². The second-order valence-electron chi connectivity index (χ2n) is 3.62. The van der Waals surface area contributed by atoms with Crippen LogP contribution in [0.1, 0.15) is 0 Å². The molecule has 0 bridgehead atoms. The van der Waals surface area contributed by atoms with E-state index in [1.807, 2.05) is 0 Å². The smallest absolute Gasteiger partial charge is 0.266 e. The number of nitrogens with zero attached hydrogens (tertiary/aromatic N) is 3. The number of halogens is 1. The van der Waals surface area contributed by atoms with Gasteiger partial charge in [-0.15, -0.1) is 0 Å². The van der Waals surface area contributed by atoms with Gasteiger partial charge in [-0.1, -0.05) is 0 Å². The molecule has 0 saturated carbocycles. The highest BCUT2D eigenvalue weighted by molar-refractivity contribution is 5.46. The van der Waals surface area contributed by atoms with Crippen LogP contribution in [0.4, 0.5) is 4.39 Å². The number of hydrogen-bond donors (Lipinski definition) is 0. The fourth-order valence-corrected chi connectivity index (χ4v) is 1.71. The Morgan fingerprint density at radius 1 is 1.12 bits per heavy atom. The lowest BCUT2D eigenvalue weighted by atomic mass is 10.3. The molecular formula is C12H8FN3O. The molecule has 5 heteroatoms. The van der Waals surface area contributed by atoms with Gasteiger partial charge in [0.05, 0.1) is 5.69 Å². The third-order valence-corrected chi connectivity index (χ3v) is 2.56. The maximum atomic E-state index is 12.8. The van der Waals surface area contributed by atoms with Gasteiger partial charge in [0.25, 0.3) is 5.56 Å². The topological polar surface area (TPSA) is 39.3 Å². The molecule has 0 saturated heterocycles. The van der Waals surface area contributed by atoms with Gasteiger partial charge >= 0.3 is 0 Å². The predicted octanol–water partition coefficient (Wildman–Crippen LogP) is 1.62. The average molecular weight is 229 g/mol. The van der Waals surface area contributed by atoms with Crippen LogP contribution in [0.25, 0.3) is 11.2 Å². The highest BCUT2D eigenvalue weighted by Crippen LogP contribution is 2.06. The zero-order chi connectivity index (χ0) is 11.8. The molecule has 3 rings (SSSR count). The molecule has 0 unspecified atom stereocenters. The van der Waals surface area contributed by atoms with Crippen molar-refractivity contribution in [2.24, 2.45) is 0 Å². The van der Waals surface area contributed by atoms with Gasteiger partial charge in [0.1, 0.15) is 17.7 Å². The third kappa shape index (κ3) is 1.52. The number of benzene rings is 1. The summed E-state index contributed by atoms with van der Waals surface area (Å²) in [4.78, 5) is 12.1. The normalized spacial score (nSPS) is 10.9. The van der Waals surface area contributed by atoms with E-state index in [1.54, 1.807) is 18.3 Å². The molecule has 1 aromatic carbocycles. The predicted molar refractivity (Wildman–Crippen MR) is 60.7 cm³/mol. The van der Waals surface area contributed by atoms with Crippen molar-refractivity contribution in [3.8, 4) is 5.69 Å². The fraction of sp³-hybridized carbons (Fsp3) is 0. The van der Waals surface area contributed by atoms with Crippen LogP contribution < -0.4 is 5.56 Å². The van der Waals surface area contributed by atoms with Crippen LogP contribution in [0.5, 0.6) is 0 Å². The first-order chi connectivity index (χ1) is 8.25. The van der Waals surface area contributed by atoms with Crippen LogP contribution in [0.15, 0.2) is 53.7 Å². The lowest BCUT2D eigenvalue weighted by Crippen LogP contribution is -2.20. The standard InChI is InChI=1S/C12H8FN3O/c13-9-3-5-10(6-4-9)15-8-14-16-7-1-2-11(16)12(15)17/h1-8H. The Hall–Kier alpha value is -2.43. The zero-order valence-corrected chi connectivity index (χ0v) is 8.75. The monoisotopic (exact) mass is 229 g/mol. The van der Waals surface area contributed by atoms with Crippen molar-refractivity contribution in [2.75, 3.05) is 0 Å². The molecule has 3 aromatic rings. The van der Waals surface area contributed by atoms with Crippen molar-refractivity contribution < 1.29 is 4.39 Å². The maximum Gasteiger partial charge on any atom is 0.282 e. The van der Waals surface area contributed by atoms with Crippen LogP contribution in [-0.4, -0.2) is 14.2 Å². The first kappa shape index (κ1) is 9.77. The fourth-order valence-electron chi connectivity index (χ4n) is 1.71. The summed E-state index contributed by atoms with van der Waals surface area (Å²) in [6.45, 7) is 0. The van der Waals surface area contributed by atoms with E-state index in [9.17, 15) is 9.18 Å². The van der Waals surface area contributed by atoms with E-state index < -0.39 is 0 Å². The summed E-state index contributed by atoms with van der Waals surface area (Å²) in [7, 11) is 0. The van der Waals surface area contributed by atoms with Crippen molar-refractivity contribution in [3.63, 3.8) is 0 Å². The Balaban J connectivity index is 2.27. The second-order valence-corrected chi connectivity index (χ2v) is 3.62. The molecule has 84 valence electrons. The van der Waals surface area contributed by atoms with Crippen LogP contribution >= 0.6 is 0 Å². The minimum Gasteiger partial charge on any atom is -0.266 e. The van der Waals surface area contributed by atoms with Crippen LogP contribution in [0, 0.1) is 5.82 Å². The number of rotatable bonds is 1. The van der Waals surface area contributed by atoms with E-state index in [0.717, 1.165) is 0 Å². The van der Waals surface area contributed by atoms with Crippen LogP contribution in [0.2, 0.25) is 0 Å². The van der Waals surface area contributed by atoms with E-state index in [1.165, 1.54) is 39.7 Å². The summed E-state index contributed by atoms with van der Waals surface area (Å²) in [6.07, 6.45) is 3.12. The van der Waals surface area contributed by atoms with Crippen molar-refractivity contribution in [1.82, 2.24) is 14.2 Å². The molecule has 0 spiro atoms. The van der Waals surface area contributed by atoms with E-state index in [4.69, 9.17) is 0 Å². The molecule has 2 aromatic heterocycles. The van der Waals surface area contributed by atoms with E-state index in [2.05, 4.69) is 5.10 Å². The molecule has 0 atom stereocenters. The molecule has 0 aliphatic heterocycles. The lowest BCUT2D eigenvalue weighted by Gasteiger charge is -2.05. The number of fused-ring (bicyclic) bond motifs is 1. The summed E-state index contributed by atoms with van der Waals surface area (Å²) >= 11 is 0. The quantitative estimate of drug-likeness (QED) is 0.636. The summed E-state index contributed by atoms with van der Waals surface area (Å²) < 4.78 is 15.7. The average Bonchev–Trinajstić information content (AvgIpc) is 2.80. The second kappa shape index (κ2) is 3.55. The third-order valence-electron chi connectivity index (χ3n) is 2.56. The molecule has 0 amide bonds. The molecular weight excluding hydrogens is 221 g/mol. The van der Waals surface area contributed by atoms with Crippen molar-refractivity contribution >= 4 is 5.52 Å². The van der Waals surface area contributed by atoms with Crippen LogP contribution in [0.3, 0.4) is 0 Å².